The number of thiophene rings is 1. The molecule has 0 aliphatic heterocycles. The second kappa shape index (κ2) is 8.99. The van der Waals surface area contributed by atoms with Gasteiger partial charge in [0.05, 0.1) is 0 Å². The van der Waals surface area contributed by atoms with Crippen molar-refractivity contribution in [3.63, 3.8) is 0 Å². The highest BCUT2D eigenvalue weighted by atomic mass is 32.1. The summed E-state index contributed by atoms with van der Waals surface area (Å²) >= 11 is 1.46. The maximum absolute atomic E-state index is 12.3. The molecule has 138 valence electrons. The molecule has 1 aliphatic rings. The molecule has 0 aromatic carbocycles. The molecule has 0 saturated carbocycles. The second-order valence-electron chi connectivity index (χ2n) is 6.64. The molecular formula is C18H26N2O4S. The van der Waals surface area contributed by atoms with Crippen LogP contribution >= 0.6 is 11.3 Å². The summed E-state index contributed by atoms with van der Waals surface area (Å²) in [6.07, 6.45) is 5.70. The molecule has 2 rings (SSSR count). The Kier molecular flexibility index (Phi) is 6.99. The fourth-order valence-corrected chi connectivity index (χ4v) is 3.87. The zero-order valence-electron chi connectivity index (χ0n) is 15.0. The van der Waals surface area contributed by atoms with E-state index in [4.69, 9.17) is 4.74 Å². The molecule has 1 atom stereocenters. The lowest BCUT2D eigenvalue weighted by Crippen LogP contribution is -2.46. The number of carbonyl (C=O) groups is 3. The van der Waals surface area contributed by atoms with Crippen molar-refractivity contribution in [2.45, 2.75) is 71.4 Å². The van der Waals surface area contributed by atoms with Crippen molar-refractivity contribution >= 4 is 29.2 Å². The molecule has 0 spiro atoms. The van der Waals surface area contributed by atoms with Crippen LogP contribution < -0.4 is 10.6 Å². The molecule has 3 amide bonds. The normalized spacial score (nSPS) is 15.5. The molecule has 1 heterocycles. The fourth-order valence-electron chi connectivity index (χ4n) is 2.73. The number of amides is 3. The Balaban J connectivity index is 1.93. The van der Waals surface area contributed by atoms with Gasteiger partial charge in [-0.05, 0) is 58.1 Å². The van der Waals surface area contributed by atoms with Gasteiger partial charge >= 0.3 is 12.0 Å². The molecule has 0 saturated heterocycles. The lowest BCUT2D eigenvalue weighted by molar-refractivity contribution is -0.127. The first kappa shape index (κ1) is 19.4. The van der Waals surface area contributed by atoms with Gasteiger partial charge in [-0.2, -0.15) is 0 Å². The topological polar surface area (TPSA) is 84.5 Å². The molecule has 1 aromatic rings. The van der Waals surface area contributed by atoms with Crippen LogP contribution in [0.2, 0.25) is 0 Å². The Morgan fingerprint density at radius 1 is 1.08 bits per heavy atom. The second-order valence-corrected chi connectivity index (χ2v) is 7.77. The molecule has 0 radical (unpaired) electrons. The predicted octanol–water partition coefficient (Wildman–Crippen LogP) is 3.19. The number of fused-ring (bicyclic) bond motifs is 1. The van der Waals surface area contributed by atoms with E-state index in [9.17, 15) is 14.4 Å². The Morgan fingerprint density at radius 3 is 2.44 bits per heavy atom. The van der Waals surface area contributed by atoms with Crippen LogP contribution in [0.15, 0.2) is 6.07 Å². The standard InChI is InChI=1S/C18H26N2O4S/c1-11(2)19-18(23)20-16(21)12(3)24-17(22)15-10-13-8-6-4-5-7-9-14(13)25-15/h10-12H,4-9H2,1-3H3,(H2,19,20,21,23). The van der Waals surface area contributed by atoms with Crippen LogP contribution in [0.3, 0.4) is 0 Å². The van der Waals surface area contributed by atoms with Gasteiger partial charge in [-0.1, -0.05) is 12.8 Å². The number of aryl methyl sites for hydroxylation is 2. The maximum Gasteiger partial charge on any atom is 0.349 e. The van der Waals surface area contributed by atoms with Crippen LogP contribution in [0.4, 0.5) is 4.79 Å². The Morgan fingerprint density at radius 2 is 1.76 bits per heavy atom. The van der Waals surface area contributed by atoms with Gasteiger partial charge in [0, 0.05) is 10.9 Å². The highest BCUT2D eigenvalue weighted by Gasteiger charge is 2.23. The van der Waals surface area contributed by atoms with Crippen LogP contribution in [0, 0.1) is 0 Å². The number of imide groups is 1. The molecular weight excluding hydrogens is 340 g/mol. The van der Waals surface area contributed by atoms with E-state index in [0.717, 1.165) is 25.7 Å². The zero-order valence-corrected chi connectivity index (χ0v) is 15.8. The summed E-state index contributed by atoms with van der Waals surface area (Å²) in [5.74, 6) is -1.15. The van der Waals surface area contributed by atoms with E-state index in [-0.39, 0.29) is 6.04 Å². The summed E-state index contributed by atoms with van der Waals surface area (Å²) in [6.45, 7) is 5.03. The molecule has 1 aliphatic carbocycles. The van der Waals surface area contributed by atoms with Crippen LogP contribution in [0.5, 0.6) is 0 Å². The van der Waals surface area contributed by atoms with Crippen molar-refractivity contribution in [3.05, 3.63) is 21.4 Å². The number of nitrogens with one attached hydrogen (secondary N) is 2. The van der Waals surface area contributed by atoms with E-state index in [1.54, 1.807) is 13.8 Å². The third-order valence-corrected chi connectivity index (χ3v) is 5.22. The van der Waals surface area contributed by atoms with Crippen LogP contribution in [0.25, 0.3) is 0 Å². The molecule has 2 N–H and O–H groups in total. The van der Waals surface area contributed by atoms with Gasteiger partial charge in [0.25, 0.3) is 5.91 Å². The zero-order chi connectivity index (χ0) is 18.4. The van der Waals surface area contributed by atoms with Gasteiger partial charge in [-0.3, -0.25) is 10.1 Å². The highest BCUT2D eigenvalue weighted by molar-refractivity contribution is 7.14. The largest absolute Gasteiger partial charge is 0.448 e. The number of hydrogen-bond donors (Lipinski definition) is 2. The van der Waals surface area contributed by atoms with E-state index < -0.39 is 24.0 Å². The Hall–Kier alpha value is -1.89. The van der Waals surface area contributed by atoms with Crippen molar-refractivity contribution in [1.29, 1.82) is 0 Å². The number of ether oxygens (including phenoxy) is 1. The molecule has 1 aromatic heterocycles. The quantitative estimate of drug-likeness (QED) is 0.802. The number of carbonyl (C=O) groups excluding carboxylic acids is 3. The Labute approximate surface area is 152 Å². The van der Waals surface area contributed by atoms with E-state index in [1.807, 2.05) is 6.07 Å². The molecule has 0 fully saturated rings. The SMILES string of the molecule is CC(C)NC(=O)NC(=O)C(C)OC(=O)c1cc2c(s1)CCCCCC2. The monoisotopic (exact) mass is 366 g/mol. The van der Waals surface area contributed by atoms with Gasteiger partial charge < -0.3 is 10.1 Å². The van der Waals surface area contributed by atoms with Gasteiger partial charge in [-0.25, -0.2) is 9.59 Å². The van der Waals surface area contributed by atoms with Crippen LogP contribution in [-0.4, -0.2) is 30.1 Å². The smallest absolute Gasteiger partial charge is 0.349 e. The average molecular weight is 366 g/mol. The number of rotatable bonds is 4. The van der Waals surface area contributed by atoms with Crippen molar-refractivity contribution in [3.8, 4) is 0 Å². The number of hydrogen-bond acceptors (Lipinski definition) is 5. The molecule has 7 heteroatoms. The van der Waals surface area contributed by atoms with E-state index in [0.29, 0.717) is 4.88 Å². The van der Waals surface area contributed by atoms with E-state index in [1.165, 1.54) is 41.5 Å². The lowest BCUT2D eigenvalue weighted by Gasteiger charge is -2.13. The van der Waals surface area contributed by atoms with Crippen molar-refractivity contribution in [2.24, 2.45) is 0 Å². The summed E-state index contributed by atoms with van der Waals surface area (Å²) < 4.78 is 5.22. The maximum atomic E-state index is 12.3. The summed E-state index contributed by atoms with van der Waals surface area (Å²) in [6, 6.07) is 1.21. The van der Waals surface area contributed by atoms with Gasteiger partial charge in [0.1, 0.15) is 4.88 Å². The molecule has 0 bridgehead atoms. The minimum atomic E-state index is -1.03. The Bertz CT molecular complexity index is 614. The first-order valence-corrected chi connectivity index (χ1v) is 9.62. The lowest BCUT2D eigenvalue weighted by atomic mass is 10.00. The predicted molar refractivity (Wildman–Crippen MR) is 96.9 cm³/mol. The highest BCUT2D eigenvalue weighted by Crippen LogP contribution is 2.29. The third kappa shape index (κ3) is 5.85. The van der Waals surface area contributed by atoms with Crippen molar-refractivity contribution < 1.29 is 19.1 Å². The third-order valence-electron chi connectivity index (χ3n) is 4.01. The van der Waals surface area contributed by atoms with E-state index in [2.05, 4.69) is 10.6 Å². The van der Waals surface area contributed by atoms with Gasteiger partial charge in [0.15, 0.2) is 6.10 Å². The van der Waals surface area contributed by atoms with Crippen LogP contribution in [-0.2, 0) is 22.4 Å². The van der Waals surface area contributed by atoms with Crippen LogP contribution in [0.1, 0.15) is 66.6 Å². The number of esters is 1. The van der Waals surface area contributed by atoms with Crippen molar-refractivity contribution in [2.75, 3.05) is 0 Å². The first-order chi connectivity index (χ1) is 11.9. The molecule has 1 unspecified atom stereocenters. The summed E-state index contributed by atoms with van der Waals surface area (Å²) in [4.78, 5) is 37.6. The van der Waals surface area contributed by atoms with Gasteiger partial charge in [0.2, 0.25) is 0 Å². The molecule has 6 nitrogen and oxygen atoms in total. The molecule has 25 heavy (non-hydrogen) atoms. The van der Waals surface area contributed by atoms with Crippen molar-refractivity contribution in [1.82, 2.24) is 10.6 Å². The minimum Gasteiger partial charge on any atom is -0.448 e. The fraction of sp³-hybridized carbons (Fsp3) is 0.611. The van der Waals surface area contributed by atoms with Gasteiger partial charge in [-0.15, -0.1) is 11.3 Å². The summed E-state index contributed by atoms with van der Waals surface area (Å²) in [7, 11) is 0. The first-order valence-electron chi connectivity index (χ1n) is 8.80. The average Bonchev–Trinajstić information content (AvgIpc) is 2.88. The van der Waals surface area contributed by atoms with E-state index >= 15 is 0 Å². The minimum absolute atomic E-state index is 0.0868. The summed E-state index contributed by atoms with van der Waals surface area (Å²) in [5.41, 5.74) is 1.23. The number of urea groups is 1. The summed E-state index contributed by atoms with van der Waals surface area (Å²) in [5, 5.41) is 4.72.